The Morgan fingerprint density at radius 1 is 1.24 bits per heavy atom. The van der Waals surface area contributed by atoms with E-state index in [1.54, 1.807) is 12.1 Å². The van der Waals surface area contributed by atoms with Crippen LogP contribution >= 0.6 is 27.3 Å². The second-order valence-electron chi connectivity index (χ2n) is 4.08. The van der Waals surface area contributed by atoms with Crippen molar-refractivity contribution in [1.82, 2.24) is 5.32 Å². The largest absolute Gasteiger partial charge is 0.419 e. The van der Waals surface area contributed by atoms with Gasteiger partial charge in [0.2, 0.25) is 0 Å². The number of rotatable bonds is 3. The molecule has 2 aromatic rings. The molecule has 0 fully saturated rings. The van der Waals surface area contributed by atoms with Gasteiger partial charge in [0.15, 0.2) is 0 Å². The Morgan fingerprint density at radius 3 is 2.52 bits per heavy atom. The van der Waals surface area contributed by atoms with E-state index in [4.69, 9.17) is 0 Å². The van der Waals surface area contributed by atoms with Crippen molar-refractivity contribution < 1.29 is 22.4 Å². The molecule has 0 aliphatic rings. The highest BCUT2D eigenvalue weighted by atomic mass is 79.9. The lowest BCUT2D eigenvalue weighted by atomic mass is 10.1. The summed E-state index contributed by atoms with van der Waals surface area (Å²) in [5, 5.41) is 2.49. The van der Waals surface area contributed by atoms with E-state index in [-0.39, 0.29) is 12.1 Å². The molecule has 1 N–H and O–H groups in total. The number of amides is 1. The van der Waals surface area contributed by atoms with Crippen LogP contribution in [-0.4, -0.2) is 5.91 Å². The summed E-state index contributed by atoms with van der Waals surface area (Å²) in [5.74, 6) is -2.09. The van der Waals surface area contributed by atoms with Crippen LogP contribution in [0.5, 0.6) is 0 Å². The summed E-state index contributed by atoms with van der Waals surface area (Å²) in [7, 11) is 0. The van der Waals surface area contributed by atoms with E-state index in [1.807, 2.05) is 0 Å². The quantitative estimate of drug-likeness (QED) is 0.773. The maximum atomic E-state index is 13.1. The maximum Gasteiger partial charge on any atom is 0.419 e. The summed E-state index contributed by atoms with van der Waals surface area (Å²) >= 11 is 4.66. The summed E-state index contributed by atoms with van der Waals surface area (Å²) in [6, 6.07) is 5.74. The Balaban J connectivity index is 2.12. The molecular weight excluding hydrogens is 374 g/mol. The van der Waals surface area contributed by atoms with Crippen LogP contribution in [0.25, 0.3) is 0 Å². The first-order valence-electron chi connectivity index (χ1n) is 5.66. The molecule has 8 heteroatoms. The molecule has 0 atom stereocenters. The number of halogens is 5. The smallest absolute Gasteiger partial charge is 0.347 e. The molecule has 112 valence electrons. The highest BCUT2D eigenvalue weighted by Crippen LogP contribution is 2.31. The molecule has 0 spiro atoms. The molecule has 0 saturated carbocycles. The highest BCUT2D eigenvalue weighted by molar-refractivity contribution is 9.11. The minimum Gasteiger partial charge on any atom is -0.347 e. The van der Waals surface area contributed by atoms with Gasteiger partial charge in [0.1, 0.15) is 5.82 Å². The number of carbonyl (C=O) groups is 1. The van der Waals surface area contributed by atoms with Gasteiger partial charge in [-0.25, -0.2) is 4.39 Å². The molecule has 0 saturated heterocycles. The molecular formula is C13H8BrF4NOS. The van der Waals surface area contributed by atoms with Gasteiger partial charge in [-0.1, -0.05) is 0 Å². The third-order valence-corrected chi connectivity index (χ3v) is 4.21. The maximum absolute atomic E-state index is 13.1. The first-order valence-corrected chi connectivity index (χ1v) is 7.27. The summed E-state index contributed by atoms with van der Waals surface area (Å²) in [6.45, 7) is 0.188. The Morgan fingerprint density at radius 2 is 1.95 bits per heavy atom. The lowest BCUT2D eigenvalue weighted by Crippen LogP contribution is -2.23. The van der Waals surface area contributed by atoms with Gasteiger partial charge in [0.05, 0.1) is 15.9 Å². The lowest BCUT2D eigenvalue weighted by Gasteiger charge is -2.10. The zero-order valence-electron chi connectivity index (χ0n) is 10.3. The van der Waals surface area contributed by atoms with Crippen molar-refractivity contribution in [2.24, 2.45) is 0 Å². The van der Waals surface area contributed by atoms with Crippen LogP contribution in [0.2, 0.25) is 0 Å². The van der Waals surface area contributed by atoms with Gasteiger partial charge in [0.25, 0.3) is 5.91 Å². The Kier molecular flexibility index (Phi) is 4.67. The number of thiophene rings is 1. The van der Waals surface area contributed by atoms with E-state index >= 15 is 0 Å². The molecule has 2 rings (SSSR count). The number of alkyl halides is 3. The molecule has 1 aromatic carbocycles. The summed E-state index contributed by atoms with van der Waals surface area (Å²) < 4.78 is 51.7. The van der Waals surface area contributed by atoms with Crippen LogP contribution in [0, 0.1) is 5.82 Å². The summed E-state index contributed by atoms with van der Waals surface area (Å²) in [6.07, 6.45) is -4.83. The fourth-order valence-electron chi connectivity index (χ4n) is 1.60. The van der Waals surface area contributed by atoms with Crippen LogP contribution in [0.4, 0.5) is 17.6 Å². The first kappa shape index (κ1) is 16.0. The van der Waals surface area contributed by atoms with Gasteiger partial charge in [-0.3, -0.25) is 4.79 Å². The molecule has 2 nitrogen and oxygen atoms in total. The molecule has 0 aliphatic carbocycles. The first-order chi connectivity index (χ1) is 9.77. The second kappa shape index (κ2) is 6.15. The molecule has 21 heavy (non-hydrogen) atoms. The SMILES string of the molecule is O=C(NCc1ccc(Br)s1)c1ccc(F)c(C(F)(F)F)c1. The van der Waals surface area contributed by atoms with Crippen molar-refractivity contribution in [3.8, 4) is 0 Å². The van der Waals surface area contributed by atoms with Crippen LogP contribution in [-0.2, 0) is 12.7 Å². The van der Waals surface area contributed by atoms with Gasteiger partial charge >= 0.3 is 6.18 Å². The Hall–Kier alpha value is -1.41. The Bertz CT molecular complexity index is 668. The van der Waals surface area contributed by atoms with Crippen LogP contribution in [0.15, 0.2) is 34.1 Å². The van der Waals surface area contributed by atoms with E-state index < -0.39 is 23.5 Å². The van der Waals surface area contributed by atoms with Crippen molar-refractivity contribution in [2.45, 2.75) is 12.7 Å². The third kappa shape index (κ3) is 4.04. The van der Waals surface area contributed by atoms with Crippen molar-refractivity contribution in [3.05, 3.63) is 55.9 Å². The lowest BCUT2D eigenvalue weighted by molar-refractivity contribution is -0.140. The van der Waals surface area contributed by atoms with Gasteiger partial charge in [0, 0.05) is 10.4 Å². The second-order valence-corrected chi connectivity index (χ2v) is 6.63. The fourth-order valence-corrected chi connectivity index (χ4v) is 3.02. The zero-order chi connectivity index (χ0) is 15.6. The summed E-state index contributed by atoms with van der Waals surface area (Å²) in [4.78, 5) is 12.6. The number of hydrogen-bond donors (Lipinski definition) is 1. The normalized spacial score (nSPS) is 11.5. The monoisotopic (exact) mass is 381 g/mol. The number of hydrogen-bond acceptors (Lipinski definition) is 2. The van der Waals surface area contributed by atoms with Gasteiger partial charge in [-0.05, 0) is 46.3 Å². The van der Waals surface area contributed by atoms with Gasteiger partial charge in [-0.2, -0.15) is 13.2 Å². The molecule has 1 heterocycles. The molecule has 1 amide bonds. The zero-order valence-corrected chi connectivity index (χ0v) is 12.7. The van der Waals surface area contributed by atoms with E-state index in [0.717, 1.165) is 14.7 Å². The highest BCUT2D eigenvalue weighted by Gasteiger charge is 2.34. The van der Waals surface area contributed by atoms with E-state index in [9.17, 15) is 22.4 Å². The predicted molar refractivity (Wildman–Crippen MR) is 74.6 cm³/mol. The molecule has 0 unspecified atom stereocenters. The minimum atomic E-state index is -4.83. The standard InChI is InChI=1S/C13H8BrF4NOS/c14-11-4-2-8(21-11)6-19-12(20)7-1-3-10(15)9(5-7)13(16,17)18/h1-5H,6H2,(H,19,20). The molecule has 0 aliphatic heterocycles. The number of benzene rings is 1. The van der Waals surface area contributed by atoms with Crippen molar-refractivity contribution in [2.75, 3.05) is 0 Å². The molecule has 0 bridgehead atoms. The predicted octanol–water partition coefficient (Wildman–Crippen LogP) is 4.60. The minimum absolute atomic E-state index is 0.188. The number of nitrogens with one attached hydrogen (secondary N) is 1. The fraction of sp³-hybridized carbons (Fsp3) is 0.154. The summed E-state index contributed by atoms with van der Waals surface area (Å²) in [5.41, 5.74) is -1.69. The van der Waals surface area contributed by atoms with Crippen LogP contribution < -0.4 is 5.32 Å². The Labute approximate surface area is 129 Å². The van der Waals surface area contributed by atoms with E-state index in [1.165, 1.54) is 11.3 Å². The van der Waals surface area contributed by atoms with Crippen LogP contribution in [0.1, 0.15) is 20.8 Å². The molecule has 1 aromatic heterocycles. The van der Waals surface area contributed by atoms with Crippen molar-refractivity contribution in [1.29, 1.82) is 0 Å². The van der Waals surface area contributed by atoms with Crippen LogP contribution in [0.3, 0.4) is 0 Å². The molecule has 0 radical (unpaired) electrons. The average Bonchev–Trinajstić information content (AvgIpc) is 2.81. The van der Waals surface area contributed by atoms with E-state index in [0.29, 0.717) is 12.1 Å². The topological polar surface area (TPSA) is 29.1 Å². The third-order valence-electron chi connectivity index (χ3n) is 2.59. The van der Waals surface area contributed by atoms with E-state index in [2.05, 4.69) is 21.2 Å². The number of carbonyl (C=O) groups excluding carboxylic acids is 1. The van der Waals surface area contributed by atoms with Crippen molar-refractivity contribution in [3.63, 3.8) is 0 Å². The van der Waals surface area contributed by atoms with Gasteiger partial charge in [-0.15, -0.1) is 11.3 Å². The van der Waals surface area contributed by atoms with Crippen molar-refractivity contribution >= 4 is 33.2 Å². The average molecular weight is 382 g/mol. The van der Waals surface area contributed by atoms with Gasteiger partial charge < -0.3 is 5.32 Å².